The topological polar surface area (TPSA) is 62.7 Å². The lowest BCUT2D eigenvalue weighted by Gasteiger charge is -2.18. The molecule has 0 spiro atoms. The van der Waals surface area contributed by atoms with Crippen LogP contribution < -0.4 is 18.9 Å². The molecular weight excluding hydrogens is 556 g/mol. The number of nitrogens with zero attached hydrogens (tertiary/aromatic N) is 2. The molecule has 43 heavy (non-hydrogen) atoms. The molecule has 0 radical (unpaired) electrons. The molecular formula is C36H38N2O4S. The zero-order valence-corrected chi connectivity index (χ0v) is 25.9. The maximum absolute atomic E-state index is 6.32. The molecule has 1 heterocycles. The molecule has 1 aromatic heterocycles. The van der Waals surface area contributed by atoms with Gasteiger partial charge < -0.3 is 18.9 Å². The number of ether oxygens (including phenoxy) is 4. The maximum atomic E-state index is 6.32. The first-order valence-electron chi connectivity index (χ1n) is 14.9. The van der Waals surface area contributed by atoms with Gasteiger partial charge in [-0.25, -0.2) is 0 Å². The van der Waals surface area contributed by atoms with Gasteiger partial charge in [0.2, 0.25) is 0 Å². The van der Waals surface area contributed by atoms with Gasteiger partial charge in [-0.3, -0.25) is 0 Å². The fraction of sp³-hybridized carbons (Fsp3) is 0.278. The SMILES string of the molecule is CCCc1c(OCCCOc2cc(OCc3ccccc3)c(-c3cnsn3)cc2CC)cccc1Oc1ccccc1C. The number of para-hydroxylation sites is 1. The predicted molar refractivity (Wildman–Crippen MR) is 173 cm³/mol. The second-order valence-corrected chi connectivity index (χ2v) is 10.8. The van der Waals surface area contributed by atoms with Crippen molar-refractivity contribution in [3.05, 3.63) is 113 Å². The first kappa shape index (κ1) is 30.1. The minimum Gasteiger partial charge on any atom is -0.493 e. The van der Waals surface area contributed by atoms with Crippen molar-refractivity contribution in [2.75, 3.05) is 13.2 Å². The van der Waals surface area contributed by atoms with Gasteiger partial charge in [-0.2, -0.15) is 8.75 Å². The standard InChI is InChI=1S/C36H38N2O4S/c1-4-13-29-33(18-11-19-34(29)42-32-17-10-9-14-26(32)3)39-20-12-21-40-35-23-36(41-25-27-15-7-6-8-16-27)30(22-28(35)5-2)31-24-37-43-38-31/h6-11,14-19,22-24H,4-5,12-13,20-21,25H2,1-3H3. The highest BCUT2D eigenvalue weighted by molar-refractivity contribution is 6.99. The molecule has 0 N–H and O–H groups in total. The summed E-state index contributed by atoms with van der Waals surface area (Å²) < 4.78 is 33.8. The van der Waals surface area contributed by atoms with E-state index >= 15 is 0 Å². The first-order chi connectivity index (χ1) is 21.2. The third kappa shape index (κ3) is 7.93. The fourth-order valence-electron chi connectivity index (χ4n) is 4.84. The van der Waals surface area contributed by atoms with E-state index in [4.69, 9.17) is 18.9 Å². The second kappa shape index (κ2) is 15.2. The molecule has 0 aliphatic carbocycles. The molecule has 0 aliphatic heterocycles. The molecule has 7 heteroatoms. The summed E-state index contributed by atoms with van der Waals surface area (Å²) in [4.78, 5) is 0. The largest absolute Gasteiger partial charge is 0.493 e. The second-order valence-electron chi connectivity index (χ2n) is 10.3. The van der Waals surface area contributed by atoms with E-state index in [1.807, 2.05) is 60.7 Å². The van der Waals surface area contributed by atoms with Crippen molar-refractivity contribution < 1.29 is 18.9 Å². The van der Waals surface area contributed by atoms with Crippen molar-refractivity contribution in [3.63, 3.8) is 0 Å². The average Bonchev–Trinajstić information content (AvgIpc) is 3.58. The number of aryl methyl sites for hydroxylation is 2. The molecule has 0 amide bonds. The van der Waals surface area contributed by atoms with Gasteiger partial charge in [-0.1, -0.05) is 74.9 Å². The normalized spacial score (nSPS) is 10.9. The number of benzene rings is 4. The summed E-state index contributed by atoms with van der Waals surface area (Å²) in [5.74, 6) is 4.12. The lowest BCUT2D eigenvalue weighted by Crippen LogP contribution is -2.08. The summed E-state index contributed by atoms with van der Waals surface area (Å²) in [5, 5.41) is 0. The Morgan fingerprint density at radius 1 is 0.721 bits per heavy atom. The lowest BCUT2D eigenvalue weighted by molar-refractivity contribution is 0.243. The van der Waals surface area contributed by atoms with Crippen molar-refractivity contribution in [1.82, 2.24) is 8.75 Å². The van der Waals surface area contributed by atoms with Crippen LogP contribution in [0.2, 0.25) is 0 Å². The van der Waals surface area contributed by atoms with E-state index in [2.05, 4.69) is 53.8 Å². The molecule has 0 bridgehead atoms. The van der Waals surface area contributed by atoms with Crippen LogP contribution in [0.15, 0.2) is 91.1 Å². The quantitative estimate of drug-likeness (QED) is 0.113. The number of hydrogen-bond acceptors (Lipinski definition) is 7. The molecule has 6 nitrogen and oxygen atoms in total. The highest BCUT2D eigenvalue weighted by Crippen LogP contribution is 2.37. The summed E-state index contributed by atoms with van der Waals surface area (Å²) in [6.45, 7) is 7.86. The van der Waals surface area contributed by atoms with Crippen LogP contribution in [0.25, 0.3) is 11.3 Å². The fourth-order valence-corrected chi connectivity index (χ4v) is 5.27. The summed E-state index contributed by atoms with van der Waals surface area (Å²) in [7, 11) is 0. The van der Waals surface area contributed by atoms with E-state index in [9.17, 15) is 0 Å². The molecule has 0 aliphatic rings. The highest BCUT2D eigenvalue weighted by Gasteiger charge is 2.16. The van der Waals surface area contributed by atoms with Gasteiger partial charge in [-0.05, 0) is 60.7 Å². The van der Waals surface area contributed by atoms with Crippen LogP contribution in [0, 0.1) is 6.92 Å². The molecule has 0 atom stereocenters. The first-order valence-corrected chi connectivity index (χ1v) is 15.6. The summed E-state index contributed by atoms with van der Waals surface area (Å²) >= 11 is 1.19. The minimum atomic E-state index is 0.455. The molecule has 0 saturated heterocycles. The molecule has 0 unspecified atom stereocenters. The monoisotopic (exact) mass is 594 g/mol. The lowest BCUT2D eigenvalue weighted by atomic mass is 10.0. The van der Waals surface area contributed by atoms with Gasteiger partial charge >= 0.3 is 0 Å². The van der Waals surface area contributed by atoms with Gasteiger partial charge in [0.15, 0.2) is 0 Å². The van der Waals surface area contributed by atoms with Crippen molar-refractivity contribution in [3.8, 4) is 40.0 Å². The Labute approximate surface area is 258 Å². The maximum Gasteiger partial charge on any atom is 0.134 e. The van der Waals surface area contributed by atoms with Crippen LogP contribution >= 0.6 is 11.7 Å². The number of hydrogen-bond donors (Lipinski definition) is 0. The van der Waals surface area contributed by atoms with Crippen molar-refractivity contribution in [2.45, 2.75) is 53.1 Å². The van der Waals surface area contributed by atoms with E-state index in [1.165, 1.54) is 11.7 Å². The molecule has 5 rings (SSSR count). The van der Waals surface area contributed by atoms with E-state index in [0.717, 1.165) is 87.9 Å². The van der Waals surface area contributed by atoms with Gasteiger partial charge in [0.1, 0.15) is 41.0 Å². The third-order valence-electron chi connectivity index (χ3n) is 7.13. The van der Waals surface area contributed by atoms with Crippen molar-refractivity contribution in [1.29, 1.82) is 0 Å². The molecule has 0 fully saturated rings. The summed E-state index contributed by atoms with van der Waals surface area (Å²) in [6.07, 6.45) is 5.20. The van der Waals surface area contributed by atoms with Gasteiger partial charge in [0.25, 0.3) is 0 Å². The molecule has 222 valence electrons. The van der Waals surface area contributed by atoms with Crippen LogP contribution in [0.1, 0.15) is 48.9 Å². The Morgan fingerprint density at radius 2 is 1.47 bits per heavy atom. The Morgan fingerprint density at radius 3 is 2.21 bits per heavy atom. The van der Waals surface area contributed by atoms with Gasteiger partial charge in [0, 0.05) is 23.6 Å². The van der Waals surface area contributed by atoms with Crippen LogP contribution in [-0.2, 0) is 19.4 Å². The summed E-state index contributed by atoms with van der Waals surface area (Å²) in [5.41, 5.74) is 6.12. The van der Waals surface area contributed by atoms with Gasteiger partial charge in [-0.15, -0.1) is 0 Å². The van der Waals surface area contributed by atoms with Crippen LogP contribution in [0.4, 0.5) is 0 Å². The third-order valence-corrected chi connectivity index (χ3v) is 7.60. The van der Waals surface area contributed by atoms with E-state index in [0.29, 0.717) is 19.8 Å². The summed E-state index contributed by atoms with van der Waals surface area (Å²) in [6, 6.07) is 28.3. The number of rotatable bonds is 15. The number of aromatic nitrogens is 2. The Hall–Kier alpha value is -4.36. The van der Waals surface area contributed by atoms with Crippen molar-refractivity contribution in [2.24, 2.45) is 0 Å². The molecule has 0 saturated carbocycles. The van der Waals surface area contributed by atoms with E-state index in [1.54, 1.807) is 6.20 Å². The molecule has 4 aromatic carbocycles. The average molecular weight is 595 g/mol. The van der Waals surface area contributed by atoms with Crippen LogP contribution in [-0.4, -0.2) is 22.0 Å². The Kier molecular flexibility index (Phi) is 10.6. The smallest absolute Gasteiger partial charge is 0.134 e. The van der Waals surface area contributed by atoms with Crippen molar-refractivity contribution >= 4 is 11.7 Å². The predicted octanol–water partition coefficient (Wildman–Crippen LogP) is 9.25. The van der Waals surface area contributed by atoms with Crippen LogP contribution in [0.3, 0.4) is 0 Å². The zero-order valence-electron chi connectivity index (χ0n) is 25.0. The van der Waals surface area contributed by atoms with Crippen LogP contribution in [0.5, 0.6) is 28.7 Å². The van der Waals surface area contributed by atoms with E-state index in [-0.39, 0.29) is 0 Å². The molecule has 5 aromatic rings. The Bertz CT molecular complexity index is 1590. The zero-order chi connectivity index (χ0) is 29.9. The highest BCUT2D eigenvalue weighted by atomic mass is 32.1. The Balaban J connectivity index is 1.24. The minimum absolute atomic E-state index is 0.455. The van der Waals surface area contributed by atoms with Gasteiger partial charge in [0.05, 0.1) is 31.1 Å². The van der Waals surface area contributed by atoms with E-state index < -0.39 is 0 Å².